The fourth-order valence-corrected chi connectivity index (χ4v) is 6.80. The smallest absolute Gasteiger partial charge is 0.0725 e. The summed E-state index contributed by atoms with van der Waals surface area (Å²) in [5.74, 6) is -1.70. The van der Waals surface area contributed by atoms with Crippen LogP contribution in [-0.4, -0.2) is 45.9 Å². The van der Waals surface area contributed by atoms with Gasteiger partial charge in [0.05, 0.1) is 24.1 Å². The van der Waals surface area contributed by atoms with E-state index in [1.54, 1.807) is 29.6 Å². The molecule has 8 heteroatoms. The SMILES string of the molecule is CCCC(O)CCSC(CC)c1ccc(C(=O)[O-])c(C(=O)[O-])c1C(CC)SCCC(O)CCC. The second kappa shape index (κ2) is 16.5. The summed E-state index contributed by atoms with van der Waals surface area (Å²) in [7, 11) is 0. The average molecular weight is 513 g/mol. The molecule has 1 aromatic rings. The monoisotopic (exact) mass is 512 g/mol. The Balaban J connectivity index is 3.35. The van der Waals surface area contributed by atoms with E-state index in [1.807, 2.05) is 27.7 Å². The molecule has 1 aromatic carbocycles. The summed E-state index contributed by atoms with van der Waals surface area (Å²) < 4.78 is 0. The molecule has 0 spiro atoms. The highest BCUT2D eigenvalue weighted by Gasteiger charge is 2.26. The number of rotatable bonds is 18. The molecular formula is C26H40O6S2-2. The van der Waals surface area contributed by atoms with Gasteiger partial charge in [0, 0.05) is 21.6 Å². The lowest BCUT2D eigenvalue weighted by Gasteiger charge is -2.29. The minimum Gasteiger partial charge on any atom is -0.545 e. The van der Waals surface area contributed by atoms with Crippen LogP contribution in [0, 0.1) is 0 Å². The molecule has 0 aliphatic rings. The summed E-state index contributed by atoms with van der Waals surface area (Å²) in [5.41, 5.74) is 0.640. The van der Waals surface area contributed by atoms with Gasteiger partial charge < -0.3 is 30.0 Å². The van der Waals surface area contributed by atoms with Crippen LogP contribution in [0.15, 0.2) is 12.1 Å². The van der Waals surface area contributed by atoms with E-state index in [2.05, 4.69) is 0 Å². The maximum absolute atomic E-state index is 12.2. The first-order valence-corrected chi connectivity index (χ1v) is 14.5. The zero-order chi connectivity index (χ0) is 25.7. The molecule has 4 unspecified atom stereocenters. The largest absolute Gasteiger partial charge is 0.545 e. The van der Waals surface area contributed by atoms with Crippen LogP contribution in [0.3, 0.4) is 0 Å². The van der Waals surface area contributed by atoms with E-state index in [1.165, 1.54) is 6.07 Å². The van der Waals surface area contributed by atoms with Gasteiger partial charge in [0.1, 0.15) is 0 Å². The number of hydrogen-bond donors (Lipinski definition) is 2. The zero-order valence-electron chi connectivity index (χ0n) is 20.9. The van der Waals surface area contributed by atoms with Crippen molar-refractivity contribution in [1.29, 1.82) is 0 Å². The number of carboxylic acid groups (broad SMARTS) is 2. The van der Waals surface area contributed by atoms with Crippen molar-refractivity contribution in [3.8, 4) is 0 Å². The first kappa shape index (κ1) is 30.8. The molecule has 2 N–H and O–H groups in total. The first-order chi connectivity index (χ1) is 16.2. The van der Waals surface area contributed by atoms with Crippen molar-refractivity contribution in [2.75, 3.05) is 11.5 Å². The summed E-state index contributed by atoms with van der Waals surface area (Å²) in [5, 5.41) is 43.8. The minimum atomic E-state index is -1.53. The normalized spacial score (nSPS) is 15.0. The molecule has 0 saturated heterocycles. The molecular weight excluding hydrogens is 472 g/mol. The van der Waals surface area contributed by atoms with Crippen LogP contribution in [0.5, 0.6) is 0 Å². The Hall–Kier alpha value is -1.22. The average Bonchev–Trinajstić information content (AvgIpc) is 2.79. The van der Waals surface area contributed by atoms with Crippen molar-refractivity contribution in [3.05, 3.63) is 34.4 Å². The van der Waals surface area contributed by atoms with Crippen LogP contribution >= 0.6 is 23.5 Å². The lowest BCUT2D eigenvalue weighted by molar-refractivity contribution is -0.259. The van der Waals surface area contributed by atoms with Crippen LogP contribution in [-0.2, 0) is 0 Å². The van der Waals surface area contributed by atoms with Crippen molar-refractivity contribution in [1.82, 2.24) is 0 Å². The number of carboxylic acids is 2. The Kier molecular flexibility index (Phi) is 14.9. The molecule has 0 radical (unpaired) electrons. The predicted molar refractivity (Wildman–Crippen MR) is 137 cm³/mol. The van der Waals surface area contributed by atoms with Crippen molar-refractivity contribution in [2.24, 2.45) is 0 Å². The van der Waals surface area contributed by atoms with Crippen molar-refractivity contribution >= 4 is 35.5 Å². The van der Waals surface area contributed by atoms with Crippen LogP contribution in [0.1, 0.15) is 121 Å². The van der Waals surface area contributed by atoms with E-state index in [-0.39, 0.29) is 27.7 Å². The van der Waals surface area contributed by atoms with Gasteiger partial charge in [0.25, 0.3) is 0 Å². The third kappa shape index (κ3) is 9.44. The summed E-state index contributed by atoms with van der Waals surface area (Å²) in [6.45, 7) is 8.01. The fourth-order valence-electron chi connectivity index (χ4n) is 4.13. The molecule has 6 nitrogen and oxygen atoms in total. The summed E-state index contributed by atoms with van der Waals surface area (Å²) in [6.07, 6.45) is 5.07. The van der Waals surface area contributed by atoms with Gasteiger partial charge in [0.15, 0.2) is 0 Å². The second-order valence-electron chi connectivity index (χ2n) is 8.56. The lowest BCUT2D eigenvalue weighted by atomic mass is 9.90. The highest BCUT2D eigenvalue weighted by Crippen LogP contribution is 2.44. The molecule has 4 atom stereocenters. The molecule has 0 amide bonds. The van der Waals surface area contributed by atoms with Crippen LogP contribution in [0.25, 0.3) is 0 Å². The van der Waals surface area contributed by atoms with E-state index < -0.39 is 18.0 Å². The van der Waals surface area contributed by atoms with Gasteiger partial charge in [-0.3, -0.25) is 0 Å². The standard InChI is InChI=1S/C26H42O6S2/c1-5-9-17(27)13-15-33-21(7-3)19-11-12-20(25(29)30)24(26(31)32)23(19)22(8-4)34-16-14-18(28)10-6-2/h11-12,17-18,21-22,27-28H,5-10,13-16H2,1-4H3,(H,29,30)(H,31,32)/p-2. The second-order valence-corrected chi connectivity index (χ2v) is 11.2. The van der Waals surface area contributed by atoms with E-state index in [0.717, 1.165) is 37.0 Å². The van der Waals surface area contributed by atoms with E-state index in [0.29, 0.717) is 37.0 Å². The van der Waals surface area contributed by atoms with E-state index in [9.17, 15) is 30.0 Å². The van der Waals surface area contributed by atoms with Gasteiger partial charge in [-0.05, 0) is 61.2 Å². The Labute approximate surface area is 212 Å². The number of carbonyl (C=O) groups excluding carboxylic acids is 2. The van der Waals surface area contributed by atoms with Crippen molar-refractivity contribution in [3.63, 3.8) is 0 Å². The number of benzene rings is 1. The van der Waals surface area contributed by atoms with Gasteiger partial charge in [0.2, 0.25) is 0 Å². The molecule has 0 fully saturated rings. The molecule has 0 aliphatic heterocycles. The summed E-state index contributed by atoms with van der Waals surface area (Å²) in [4.78, 5) is 23.9. The quantitative estimate of drug-likeness (QED) is 0.304. The molecule has 0 bridgehead atoms. The van der Waals surface area contributed by atoms with Crippen LogP contribution in [0.4, 0.5) is 0 Å². The van der Waals surface area contributed by atoms with Gasteiger partial charge in [-0.25, -0.2) is 0 Å². The predicted octanol–water partition coefficient (Wildman–Crippen LogP) is 3.88. The third-order valence-electron chi connectivity index (χ3n) is 5.90. The van der Waals surface area contributed by atoms with E-state index in [4.69, 9.17) is 0 Å². The number of hydrogen-bond acceptors (Lipinski definition) is 8. The van der Waals surface area contributed by atoms with Gasteiger partial charge >= 0.3 is 0 Å². The van der Waals surface area contributed by atoms with Gasteiger partial charge in [-0.15, -0.1) is 0 Å². The Bertz CT molecular complexity index is 770. The molecule has 0 aromatic heterocycles. The number of aliphatic hydroxyl groups is 2. The number of aromatic carboxylic acids is 2. The Morgan fingerprint density at radius 1 is 0.794 bits per heavy atom. The highest BCUT2D eigenvalue weighted by molar-refractivity contribution is 7.99. The molecule has 0 aliphatic carbocycles. The molecule has 34 heavy (non-hydrogen) atoms. The number of thioether (sulfide) groups is 2. The topological polar surface area (TPSA) is 121 Å². The maximum atomic E-state index is 12.2. The van der Waals surface area contributed by atoms with Crippen molar-refractivity contribution < 1.29 is 30.0 Å². The maximum Gasteiger partial charge on any atom is 0.0725 e. The van der Waals surface area contributed by atoms with Crippen LogP contribution in [0.2, 0.25) is 0 Å². The summed E-state index contributed by atoms with van der Waals surface area (Å²) in [6, 6.07) is 3.03. The number of aliphatic hydroxyl groups excluding tert-OH is 2. The van der Waals surface area contributed by atoms with E-state index >= 15 is 0 Å². The van der Waals surface area contributed by atoms with Crippen LogP contribution < -0.4 is 10.2 Å². The molecule has 1 rings (SSSR count). The fraction of sp³-hybridized carbons (Fsp3) is 0.692. The highest BCUT2D eigenvalue weighted by atomic mass is 32.2. The van der Waals surface area contributed by atoms with Gasteiger partial charge in [-0.2, -0.15) is 23.5 Å². The number of carbonyl (C=O) groups is 2. The third-order valence-corrected chi connectivity index (χ3v) is 8.80. The van der Waals surface area contributed by atoms with Gasteiger partial charge in [-0.1, -0.05) is 52.7 Å². The Morgan fingerprint density at radius 2 is 1.29 bits per heavy atom. The molecule has 0 saturated carbocycles. The lowest BCUT2D eigenvalue weighted by Crippen LogP contribution is -2.32. The Morgan fingerprint density at radius 3 is 1.71 bits per heavy atom. The molecule has 194 valence electrons. The first-order valence-electron chi connectivity index (χ1n) is 12.4. The minimum absolute atomic E-state index is 0.0435. The molecule has 0 heterocycles. The summed E-state index contributed by atoms with van der Waals surface area (Å²) >= 11 is 3.20. The zero-order valence-corrected chi connectivity index (χ0v) is 22.5. The van der Waals surface area contributed by atoms with Crippen molar-refractivity contribution in [2.45, 2.75) is 102 Å².